The minimum absolute atomic E-state index is 0.0450. The van der Waals surface area contributed by atoms with E-state index in [1.165, 1.54) is 11.1 Å². The first-order chi connectivity index (χ1) is 14.5. The molecule has 0 unspecified atom stereocenters. The predicted octanol–water partition coefficient (Wildman–Crippen LogP) is 3.51. The lowest BCUT2D eigenvalue weighted by Crippen LogP contribution is -2.81. The molecule has 0 aromatic heterocycles. The lowest BCUT2D eigenvalue weighted by atomic mass is 9.34. The number of likely N-dealkylation sites (tertiary alicyclic amines) is 1. The third-order valence-electron chi connectivity index (χ3n) is 9.69. The summed E-state index contributed by atoms with van der Waals surface area (Å²) in [6.45, 7) is 3.17. The number of hydrogen-bond acceptors (Lipinski definition) is 5. The number of piperidine rings is 1. The van der Waals surface area contributed by atoms with E-state index in [1.807, 2.05) is 7.11 Å². The van der Waals surface area contributed by atoms with Crippen molar-refractivity contribution < 1.29 is 19.0 Å². The topological polar surface area (TPSA) is 48.0 Å². The number of benzene rings is 1. The number of fused-ring (bicyclic) bond motifs is 2. The monoisotopic (exact) mass is 411 g/mol. The van der Waals surface area contributed by atoms with Crippen molar-refractivity contribution in [1.82, 2.24) is 4.90 Å². The molecule has 7 rings (SSSR count). The van der Waals surface area contributed by atoms with Crippen LogP contribution in [0.5, 0.6) is 11.5 Å². The van der Waals surface area contributed by atoms with Gasteiger partial charge in [0.25, 0.3) is 0 Å². The van der Waals surface area contributed by atoms with Crippen LogP contribution in [0, 0.1) is 11.3 Å². The smallest absolute Gasteiger partial charge is 0.139 e. The van der Waals surface area contributed by atoms with E-state index in [-0.39, 0.29) is 22.9 Å². The molecule has 6 atom stereocenters. The normalized spacial score (nSPS) is 42.6. The average molecular weight is 412 g/mol. The molecule has 1 aromatic rings. The summed E-state index contributed by atoms with van der Waals surface area (Å²) in [5, 5.41) is 0. The molecule has 162 valence electrons. The highest BCUT2D eigenvalue weighted by Crippen LogP contribution is 2.76. The van der Waals surface area contributed by atoms with Crippen molar-refractivity contribution in [1.29, 1.82) is 0 Å². The second-order valence-electron chi connectivity index (χ2n) is 10.4. The maximum absolute atomic E-state index is 13.4. The van der Waals surface area contributed by atoms with E-state index in [4.69, 9.17) is 14.2 Å². The molecule has 5 nitrogen and oxygen atoms in total. The van der Waals surface area contributed by atoms with E-state index >= 15 is 0 Å². The van der Waals surface area contributed by atoms with Gasteiger partial charge in [0.2, 0.25) is 0 Å². The summed E-state index contributed by atoms with van der Waals surface area (Å²) in [7, 11) is 5.81. The Kier molecular flexibility index (Phi) is 3.83. The van der Waals surface area contributed by atoms with Gasteiger partial charge >= 0.3 is 0 Å². The molecule has 2 heterocycles. The summed E-state index contributed by atoms with van der Waals surface area (Å²) in [6.07, 6.45) is 6.53. The van der Waals surface area contributed by atoms with Crippen LogP contribution in [0.15, 0.2) is 12.1 Å². The zero-order valence-electron chi connectivity index (χ0n) is 18.6. The molecule has 5 heteroatoms. The Morgan fingerprint density at radius 1 is 1.27 bits per heavy atom. The first-order valence-electron chi connectivity index (χ1n) is 11.6. The molecule has 0 radical (unpaired) electrons. The van der Waals surface area contributed by atoms with E-state index in [2.05, 4.69) is 31.0 Å². The van der Waals surface area contributed by atoms with Gasteiger partial charge in [-0.2, -0.15) is 0 Å². The van der Waals surface area contributed by atoms with Crippen molar-refractivity contribution in [3.05, 3.63) is 23.3 Å². The molecule has 1 saturated heterocycles. The number of ether oxygens (including phenoxy) is 3. The molecule has 1 aromatic carbocycles. The van der Waals surface area contributed by atoms with Crippen LogP contribution in [0.3, 0.4) is 0 Å². The second-order valence-corrected chi connectivity index (χ2v) is 10.4. The van der Waals surface area contributed by atoms with Gasteiger partial charge in [-0.15, -0.1) is 0 Å². The minimum Gasteiger partial charge on any atom is -0.497 e. The molecule has 4 aliphatic carbocycles. The standard InChI is InChI=1S/C25H33NO4/c1-5-6-18(27)17-14-23-7-8-25(17,29-4)22-24(23)9-10-26(2)20(23)12-15-11-16(28-3)13-19(30-22)21(15)24/h11,13,17,20,22H,5-10,12,14H2,1-4H3/t17-,20-,22-,23-,24+,25+/m1/s1. The molecule has 2 spiro atoms. The number of nitrogens with zero attached hydrogens (tertiary/aromatic N) is 1. The van der Waals surface area contributed by atoms with Crippen LogP contribution in [0.4, 0.5) is 0 Å². The van der Waals surface area contributed by atoms with Crippen LogP contribution in [0.1, 0.15) is 56.6 Å². The quantitative estimate of drug-likeness (QED) is 0.742. The van der Waals surface area contributed by atoms with E-state index in [0.29, 0.717) is 18.2 Å². The Morgan fingerprint density at radius 3 is 2.83 bits per heavy atom. The first-order valence-corrected chi connectivity index (χ1v) is 11.6. The zero-order valence-corrected chi connectivity index (χ0v) is 18.6. The fourth-order valence-electron chi connectivity index (χ4n) is 8.61. The fourth-order valence-corrected chi connectivity index (χ4v) is 8.61. The minimum atomic E-state index is -0.519. The second kappa shape index (κ2) is 6.01. The van der Waals surface area contributed by atoms with Gasteiger partial charge in [-0.3, -0.25) is 4.79 Å². The number of carbonyl (C=O) groups excluding carboxylic acids is 1. The van der Waals surface area contributed by atoms with E-state index in [0.717, 1.165) is 56.6 Å². The Labute approximate surface area is 179 Å². The van der Waals surface area contributed by atoms with Crippen LogP contribution in [-0.2, 0) is 21.4 Å². The van der Waals surface area contributed by atoms with Gasteiger partial charge in [-0.05, 0) is 63.7 Å². The number of rotatable bonds is 5. The number of Topliss-reactive ketones (excluding diaryl/α,β-unsaturated/α-hetero) is 1. The Morgan fingerprint density at radius 2 is 2.10 bits per heavy atom. The largest absolute Gasteiger partial charge is 0.497 e. The predicted molar refractivity (Wildman–Crippen MR) is 113 cm³/mol. The SMILES string of the molecule is CCCC(=O)[C@H]1C[C@@]23CC[C@@]1(OC)[C@@H]1Oc4cc(OC)cc5c4[C@@]12CCN(C)[C@@H]3C5. The lowest BCUT2D eigenvalue weighted by molar-refractivity contribution is -0.270. The number of likely N-dealkylation sites (N-methyl/N-ethyl adjacent to an activating group) is 1. The summed E-state index contributed by atoms with van der Waals surface area (Å²) >= 11 is 0. The van der Waals surface area contributed by atoms with Crippen molar-refractivity contribution in [2.45, 2.75) is 75.0 Å². The summed E-state index contributed by atoms with van der Waals surface area (Å²) in [4.78, 5) is 16.0. The van der Waals surface area contributed by atoms with Gasteiger partial charge in [0.1, 0.15) is 29.0 Å². The molecular weight excluding hydrogens is 378 g/mol. The van der Waals surface area contributed by atoms with Crippen LogP contribution in [0.2, 0.25) is 0 Å². The lowest BCUT2D eigenvalue weighted by Gasteiger charge is -2.73. The number of carbonyl (C=O) groups is 1. The maximum Gasteiger partial charge on any atom is 0.139 e. The number of hydrogen-bond donors (Lipinski definition) is 0. The van der Waals surface area contributed by atoms with Crippen molar-refractivity contribution in [2.24, 2.45) is 11.3 Å². The van der Waals surface area contributed by atoms with E-state index in [1.54, 1.807) is 7.11 Å². The highest BCUT2D eigenvalue weighted by molar-refractivity contribution is 5.83. The van der Waals surface area contributed by atoms with Crippen LogP contribution in [0.25, 0.3) is 0 Å². The molecule has 0 amide bonds. The molecule has 30 heavy (non-hydrogen) atoms. The first kappa shape index (κ1) is 19.1. The molecule has 4 bridgehead atoms. The number of ketones is 1. The van der Waals surface area contributed by atoms with Crippen LogP contribution < -0.4 is 9.47 Å². The Bertz CT molecular complexity index is 930. The summed E-state index contributed by atoms with van der Waals surface area (Å²) < 4.78 is 18.9. The summed E-state index contributed by atoms with van der Waals surface area (Å²) in [5.74, 6) is 2.15. The highest BCUT2D eigenvalue weighted by Gasteiger charge is 2.80. The fraction of sp³-hybridized carbons (Fsp3) is 0.720. The third kappa shape index (κ3) is 1.87. The third-order valence-corrected chi connectivity index (χ3v) is 9.69. The Hall–Kier alpha value is -1.59. The molecule has 2 aliphatic heterocycles. The molecule has 6 aliphatic rings. The number of methoxy groups -OCH3 is 2. The molecular formula is C25H33NO4. The van der Waals surface area contributed by atoms with Gasteiger partial charge in [-0.1, -0.05) is 6.92 Å². The Balaban J connectivity index is 1.62. The van der Waals surface area contributed by atoms with Crippen molar-refractivity contribution in [2.75, 3.05) is 27.8 Å². The van der Waals surface area contributed by atoms with Crippen LogP contribution in [-0.4, -0.2) is 56.2 Å². The zero-order chi connectivity index (χ0) is 20.9. The van der Waals surface area contributed by atoms with E-state index < -0.39 is 5.60 Å². The highest BCUT2D eigenvalue weighted by atomic mass is 16.6. The van der Waals surface area contributed by atoms with Gasteiger partial charge in [0.15, 0.2) is 0 Å². The van der Waals surface area contributed by atoms with E-state index in [9.17, 15) is 4.79 Å². The molecule has 4 fully saturated rings. The van der Waals surface area contributed by atoms with Crippen LogP contribution >= 0.6 is 0 Å². The van der Waals surface area contributed by atoms with Crippen molar-refractivity contribution >= 4 is 5.78 Å². The van der Waals surface area contributed by atoms with Gasteiger partial charge in [-0.25, -0.2) is 0 Å². The maximum atomic E-state index is 13.4. The van der Waals surface area contributed by atoms with Gasteiger partial charge in [0.05, 0.1) is 13.0 Å². The molecule has 3 saturated carbocycles. The average Bonchev–Trinajstić information content (AvgIpc) is 3.11. The summed E-state index contributed by atoms with van der Waals surface area (Å²) in [5.41, 5.74) is 2.32. The van der Waals surface area contributed by atoms with Crippen molar-refractivity contribution in [3.63, 3.8) is 0 Å². The van der Waals surface area contributed by atoms with Gasteiger partial charge in [0, 0.05) is 42.0 Å². The van der Waals surface area contributed by atoms with Crippen molar-refractivity contribution in [3.8, 4) is 11.5 Å². The summed E-state index contributed by atoms with van der Waals surface area (Å²) in [6, 6.07) is 4.74. The molecule has 0 N–H and O–H groups in total. The van der Waals surface area contributed by atoms with Gasteiger partial charge < -0.3 is 19.1 Å².